The molecule has 1 radical (unpaired) electrons. The molecule has 1 aromatic carbocycles. The van der Waals surface area contributed by atoms with Gasteiger partial charge in [0.15, 0.2) is 6.29 Å². The van der Waals surface area contributed by atoms with Crippen LogP contribution in [0, 0.1) is 6.07 Å². The van der Waals surface area contributed by atoms with Crippen LogP contribution in [0.4, 0.5) is 0 Å². The number of carbonyl (C=O) groups is 1. The molecule has 0 amide bonds. The van der Waals surface area contributed by atoms with Crippen LogP contribution in [-0.2, 0) is 43.9 Å². The predicted octanol–water partition coefficient (Wildman–Crippen LogP) is 0.987. The fourth-order valence-corrected chi connectivity index (χ4v) is 1.22. The van der Waals surface area contributed by atoms with Crippen molar-refractivity contribution >= 4 is 6.29 Å². The second-order valence-corrected chi connectivity index (χ2v) is 2.53. The summed E-state index contributed by atoms with van der Waals surface area (Å²) in [5.74, 6) is 0.820. The van der Waals surface area contributed by atoms with E-state index in [1.54, 1.807) is 6.07 Å². The largest absolute Gasteiger partial charge is 0.509 e. The van der Waals surface area contributed by atoms with Gasteiger partial charge >= 0.3 is 0 Å². The van der Waals surface area contributed by atoms with Crippen LogP contribution in [0.3, 0.4) is 0 Å². The van der Waals surface area contributed by atoms with Crippen molar-refractivity contribution in [3.63, 3.8) is 0 Å². The monoisotopic (exact) mass is 236 g/mol. The summed E-state index contributed by atoms with van der Waals surface area (Å²) >= 11 is 0. The quantitative estimate of drug-likeness (QED) is 0.536. The molecule has 0 bridgehead atoms. The molecule has 0 saturated carbocycles. The standard InChI is InChI=1S/C9H7O2.Y/c10-6-8-5-7-3-1-2-4-9(7)11-8;/h2-4,6,8H,5H2;/q-1;. The van der Waals surface area contributed by atoms with Crippen molar-refractivity contribution < 1.29 is 42.2 Å². The first kappa shape index (κ1) is 9.88. The molecule has 3 heteroatoms. The average molecular weight is 236 g/mol. The van der Waals surface area contributed by atoms with E-state index < -0.39 is 0 Å². The molecule has 0 spiro atoms. The minimum Gasteiger partial charge on any atom is -0.509 e. The van der Waals surface area contributed by atoms with E-state index >= 15 is 0 Å². The minimum absolute atomic E-state index is 0. The Balaban J connectivity index is 0.000000720. The van der Waals surface area contributed by atoms with Gasteiger partial charge in [-0.05, 0) is 6.42 Å². The molecule has 12 heavy (non-hydrogen) atoms. The minimum atomic E-state index is -0.277. The molecule has 2 rings (SSSR count). The van der Waals surface area contributed by atoms with Gasteiger partial charge in [-0.15, -0.1) is 11.6 Å². The Bertz CT molecular complexity index is 261. The number of benzene rings is 1. The van der Waals surface area contributed by atoms with Crippen molar-refractivity contribution in [2.45, 2.75) is 12.5 Å². The van der Waals surface area contributed by atoms with Crippen LogP contribution in [0.25, 0.3) is 0 Å². The van der Waals surface area contributed by atoms with Crippen LogP contribution < -0.4 is 4.74 Å². The number of hydrogen-bond donors (Lipinski definition) is 0. The SMILES string of the molecule is O=CC1Cc2c[c-]ccc2O1.[Y]. The summed E-state index contributed by atoms with van der Waals surface area (Å²) in [6.07, 6.45) is 1.25. The van der Waals surface area contributed by atoms with Crippen LogP contribution >= 0.6 is 0 Å². The second kappa shape index (κ2) is 4.15. The van der Waals surface area contributed by atoms with E-state index in [0.717, 1.165) is 17.6 Å². The molecule has 2 nitrogen and oxygen atoms in total. The van der Waals surface area contributed by atoms with E-state index in [9.17, 15) is 4.79 Å². The van der Waals surface area contributed by atoms with Crippen molar-refractivity contribution in [2.75, 3.05) is 0 Å². The van der Waals surface area contributed by atoms with E-state index in [0.29, 0.717) is 6.42 Å². The third-order valence-corrected chi connectivity index (χ3v) is 1.76. The number of hydrogen-bond acceptors (Lipinski definition) is 2. The molecule has 0 saturated heterocycles. The smallest absolute Gasteiger partial charge is 0.159 e. The van der Waals surface area contributed by atoms with Crippen molar-refractivity contribution in [3.8, 4) is 5.75 Å². The van der Waals surface area contributed by atoms with Crippen LogP contribution in [0.5, 0.6) is 5.75 Å². The zero-order chi connectivity index (χ0) is 7.68. The molecule has 1 heterocycles. The Labute approximate surface area is 96.2 Å². The number of rotatable bonds is 1. The van der Waals surface area contributed by atoms with Crippen molar-refractivity contribution in [1.29, 1.82) is 0 Å². The zero-order valence-corrected chi connectivity index (χ0v) is 9.33. The number of carbonyl (C=O) groups excluding carboxylic acids is 1. The molecular weight excluding hydrogens is 229 g/mol. The zero-order valence-electron chi connectivity index (χ0n) is 6.49. The van der Waals surface area contributed by atoms with Crippen LogP contribution in [0.1, 0.15) is 5.56 Å². The molecule has 0 N–H and O–H groups in total. The summed E-state index contributed by atoms with van der Waals surface area (Å²) in [4.78, 5) is 10.3. The Morgan fingerprint density at radius 2 is 2.50 bits per heavy atom. The van der Waals surface area contributed by atoms with Gasteiger partial charge in [-0.3, -0.25) is 4.79 Å². The first-order chi connectivity index (χ1) is 5.40. The van der Waals surface area contributed by atoms with E-state index in [-0.39, 0.29) is 38.8 Å². The Kier molecular flexibility index (Phi) is 3.42. The first-order valence-corrected chi connectivity index (χ1v) is 3.51. The molecule has 1 unspecified atom stereocenters. The fraction of sp³-hybridized carbons (Fsp3) is 0.222. The van der Waals surface area contributed by atoms with Gasteiger partial charge in [0.25, 0.3) is 0 Å². The molecule has 59 valence electrons. The van der Waals surface area contributed by atoms with Crippen LogP contribution in [0.15, 0.2) is 18.2 Å². The second-order valence-electron chi connectivity index (χ2n) is 2.53. The van der Waals surface area contributed by atoms with Gasteiger partial charge in [0.2, 0.25) is 0 Å². The maximum absolute atomic E-state index is 10.3. The Morgan fingerprint density at radius 3 is 3.17 bits per heavy atom. The summed E-state index contributed by atoms with van der Waals surface area (Å²) in [6, 6.07) is 8.42. The fourth-order valence-electron chi connectivity index (χ4n) is 1.22. The van der Waals surface area contributed by atoms with Gasteiger partial charge in [-0.1, -0.05) is 0 Å². The summed E-state index contributed by atoms with van der Waals surface area (Å²) in [5, 5.41) is 0. The molecule has 1 atom stereocenters. The number of fused-ring (bicyclic) bond motifs is 1. The molecule has 1 aliphatic rings. The van der Waals surface area contributed by atoms with Crippen molar-refractivity contribution in [2.24, 2.45) is 0 Å². The van der Waals surface area contributed by atoms with Gasteiger partial charge in [0.1, 0.15) is 6.10 Å². The van der Waals surface area contributed by atoms with E-state index in [4.69, 9.17) is 4.74 Å². The van der Waals surface area contributed by atoms with E-state index in [1.807, 2.05) is 12.1 Å². The van der Waals surface area contributed by atoms with Gasteiger partial charge in [0, 0.05) is 38.5 Å². The Hall–Kier alpha value is -0.206. The summed E-state index contributed by atoms with van der Waals surface area (Å²) in [6.45, 7) is 0. The summed E-state index contributed by atoms with van der Waals surface area (Å²) in [7, 11) is 0. The average Bonchev–Trinajstić information content (AvgIpc) is 2.46. The third-order valence-electron chi connectivity index (χ3n) is 1.76. The van der Waals surface area contributed by atoms with Crippen LogP contribution in [0.2, 0.25) is 0 Å². The van der Waals surface area contributed by atoms with Crippen LogP contribution in [-0.4, -0.2) is 12.4 Å². The number of ether oxygens (including phenoxy) is 1. The van der Waals surface area contributed by atoms with E-state index in [2.05, 4.69) is 6.07 Å². The Morgan fingerprint density at radius 1 is 1.67 bits per heavy atom. The van der Waals surface area contributed by atoms with Gasteiger partial charge in [-0.2, -0.15) is 18.2 Å². The molecule has 1 aliphatic heterocycles. The summed E-state index contributed by atoms with van der Waals surface area (Å²) in [5.41, 5.74) is 1.07. The topological polar surface area (TPSA) is 26.3 Å². The first-order valence-electron chi connectivity index (χ1n) is 3.51. The molecule has 0 aromatic heterocycles. The predicted molar refractivity (Wildman–Crippen MR) is 39.5 cm³/mol. The molecule has 0 aliphatic carbocycles. The maximum atomic E-state index is 10.3. The molecule has 1 aromatic rings. The normalized spacial score (nSPS) is 18.8. The molecule has 0 fully saturated rings. The van der Waals surface area contributed by atoms with Gasteiger partial charge in [-0.25, -0.2) is 0 Å². The van der Waals surface area contributed by atoms with Crippen molar-refractivity contribution in [1.82, 2.24) is 0 Å². The van der Waals surface area contributed by atoms with Gasteiger partial charge in [0.05, 0.1) is 0 Å². The van der Waals surface area contributed by atoms with E-state index in [1.165, 1.54) is 0 Å². The van der Waals surface area contributed by atoms with Crippen molar-refractivity contribution in [3.05, 3.63) is 29.8 Å². The number of aldehydes is 1. The summed E-state index contributed by atoms with van der Waals surface area (Å²) < 4.78 is 5.27. The van der Waals surface area contributed by atoms with Gasteiger partial charge < -0.3 is 4.74 Å². The molecular formula is C9H7O2Y-. The third kappa shape index (κ3) is 1.75. The maximum Gasteiger partial charge on any atom is 0.159 e.